The normalized spacial score (nSPS) is 11.0. The monoisotopic (exact) mass is 339 g/mol. The van der Waals surface area contributed by atoms with Gasteiger partial charge < -0.3 is 10.1 Å². The number of nitrogens with one attached hydrogen (secondary N) is 1. The Labute approximate surface area is 140 Å². The van der Waals surface area contributed by atoms with Gasteiger partial charge in [0.15, 0.2) is 0 Å². The molecule has 23 heavy (non-hydrogen) atoms. The smallest absolute Gasteiger partial charge is 0.271 e. The molecule has 126 valence electrons. The van der Waals surface area contributed by atoms with Crippen LogP contribution < -0.4 is 5.32 Å². The second-order valence-electron chi connectivity index (χ2n) is 5.17. The molecule has 8 heteroatoms. The lowest BCUT2D eigenvalue weighted by Crippen LogP contribution is -2.26. The zero-order valence-electron chi connectivity index (χ0n) is 13.7. The summed E-state index contributed by atoms with van der Waals surface area (Å²) < 4.78 is 8.64. The molecule has 0 aliphatic heterocycles. The first-order valence-corrected chi connectivity index (χ1v) is 7.99. The van der Waals surface area contributed by atoms with E-state index in [1.165, 1.54) is 0 Å². The van der Waals surface area contributed by atoms with Gasteiger partial charge in [-0.1, -0.05) is 11.6 Å². The van der Waals surface area contributed by atoms with Crippen LogP contribution in [0.15, 0.2) is 12.3 Å². The standard InChI is InChI=1S/C15H22ClN5O2/c1-4-23-9-5-7-17-15(22)13-6-8-20(19-13)10-21-12(3)14(16)11(2)18-21/h6,8H,4-5,7,9-10H2,1-3H3,(H,17,22). The van der Waals surface area contributed by atoms with Gasteiger partial charge in [-0.05, 0) is 33.3 Å². The number of ether oxygens (including phenoxy) is 1. The van der Waals surface area contributed by atoms with Crippen LogP contribution in [-0.2, 0) is 11.4 Å². The maximum atomic E-state index is 12.0. The van der Waals surface area contributed by atoms with Crippen molar-refractivity contribution in [3.05, 3.63) is 34.4 Å². The number of rotatable bonds is 8. The van der Waals surface area contributed by atoms with Crippen molar-refractivity contribution < 1.29 is 9.53 Å². The molecule has 0 unspecified atom stereocenters. The number of aromatic nitrogens is 4. The van der Waals surface area contributed by atoms with Gasteiger partial charge in [-0.3, -0.25) is 9.48 Å². The van der Waals surface area contributed by atoms with E-state index in [0.29, 0.717) is 37.1 Å². The van der Waals surface area contributed by atoms with Crippen molar-refractivity contribution in [1.82, 2.24) is 24.9 Å². The SMILES string of the molecule is CCOCCCNC(=O)c1ccn(Cn2nc(C)c(Cl)c2C)n1. The van der Waals surface area contributed by atoms with Crippen LogP contribution in [0.1, 0.15) is 35.2 Å². The number of hydrogen-bond donors (Lipinski definition) is 1. The topological polar surface area (TPSA) is 74.0 Å². The quantitative estimate of drug-likeness (QED) is 0.747. The fourth-order valence-electron chi connectivity index (χ4n) is 2.12. The molecule has 2 aromatic heterocycles. The van der Waals surface area contributed by atoms with Crippen LogP contribution in [0.5, 0.6) is 0 Å². The summed E-state index contributed by atoms with van der Waals surface area (Å²) in [6, 6.07) is 1.69. The molecule has 2 heterocycles. The van der Waals surface area contributed by atoms with Crippen molar-refractivity contribution in [1.29, 1.82) is 0 Å². The number of amides is 1. The third kappa shape index (κ3) is 4.56. The highest BCUT2D eigenvalue weighted by Gasteiger charge is 2.12. The third-order valence-corrected chi connectivity index (χ3v) is 3.95. The fraction of sp³-hybridized carbons (Fsp3) is 0.533. The summed E-state index contributed by atoms with van der Waals surface area (Å²) in [4.78, 5) is 12.0. The average Bonchev–Trinajstić information content (AvgIpc) is 3.09. The Hall–Kier alpha value is -1.86. The predicted octanol–water partition coefficient (Wildman–Crippen LogP) is 2.01. The highest BCUT2D eigenvalue weighted by Crippen LogP contribution is 2.18. The Bertz CT molecular complexity index is 665. The van der Waals surface area contributed by atoms with Crippen LogP contribution in [0.25, 0.3) is 0 Å². The summed E-state index contributed by atoms with van der Waals surface area (Å²) in [5.74, 6) is -0.188. The third-order valence-electron chi connectivity index (χ3n) is 3.40. The molecule has 0 aromatic carbocycles. The summed E-state index contributed by atoms with van der Waals surface area (Å²) in [7, 11) is 0. The van der Waals surface area contributed by atoms with E-state index in [-0.39, 0.29) is 5.91 Å². The van der Waals surface area contributed by atoms with E-state index in [9.17, 15) is 4.79 Å². The molecule has 0 atom stereocenters. The van der Waals surface area contributed by atoms with Gasteiger partial charge in [0.25, 0.3) is 5.91 Å². The Kier molecular flexibility index (Phi) is 6.18. The second-order valence-corrected chi connectivity index (χ2v) is 5.55. The molecule has 0 bridgehead atoms. The van der Waals surface area contributed by atoms with E-state index < -0.39 is 0 Å². The van der Waals surface area contributed by atoms with E-state index in [0.717, 1.165) is 17.8 Å². The van der Waals surface area contributed by atoms with Gasteiger partial charge in [0.1, 0.15) is 12.4 Å². The predicted molar refractivity (Wildman–Crippen MR) is 87.8 cm³/mol. The molecule has 0 aliphatic carbocycles. The van der Waals surface area contributed by atoms with Crippen LogP contribution in [0.4, 0.5) is 0 Å². The lowest BCUT2D eigenvalue weighted by molar-refractivity contribution is 0.0938. The number of carbonyl (C=O) groups excluding carboxylic acids is 1. The van der Waals surface area contributed by atoms with Crippen LogP contribution >= 0.6 is 11.6 Å². The lowest BCUT2D eigenvalue weighted by Gasteiger charge is -2.05. The van der Waals surface area contributed by atoms with Gasteiger partial charge in [-0.15, -0.1) is 0 Å². The Morgan fingerprint density at radius 3 is 2.83 bits per heavy atom. The maximum Gasteiger partial charge on any atom is 0.271 e. The van der Waals surface area contributed by atoms with Crippen molar-refractivity contribution >= 4 is 17.5 Å². The van der Waals surface area contributed by atoms with E-state index in [4.69, 9.17) is 16.3 Å². The molecule has 0 saturated carbocycles. The number of hydrogen-bond acceptors (Lipinski definition) is 4. The van der Waals surface area contributed by atoms with E-state index >= 15 is 0 Å². The second kappa shape index (κ2) is 8.12. The first-order valence-electron chi connectivity index (χ1n) is 7.61. The largest absolute Gasteiger partial charge is 0.382 e. The first kappa shape index (κ1) is 17.5. The zero-order valence-corrected chi connectivity index (χ0v) is 14.4. The van der Waals surface area contributed by atoms with Gasteiger partial charge in [0.2, 0.25) is 0 Å². The van der Waals surface area contributed by atoms with Crippen molar-refractivity contribution in [2.45, 2.75) is 33.9 Å². The number of carbonyl (C=O) groups is 1. The summed E-state index contributed by atoms with van der Waals surface area (Å²) in [5, 5.41) is 12.1. The van der Waals surface area contributed by atoms with Crippen molar-refractivity contribution in [3.8, 4) is 0 Å². The zero-order chi connectivity index (χ0) is 16.8. The minimum Gasteiger partial charge on any atom is -0.382 e. The number of halogens is 1. The summed E-state index contributed by atoms with van der Waals surface area (Å²) in [6.45, 7) is 8.02. The maximum absolute atomic E-state index is 12.0. The number of nitrogens with zero attached hydrogens (tertiary/aromatic N) is 4. The lowest BCUT2D eigenvalue weighted by atomic mass is 10.4. The molecule has 7 nitrogen and oxygen atoms in total. The minimum absolute atomic E-state index is 0.188. The summed E-state index contributed by atoms with van der Waals surface area (Å²) >= 11 is 6.13. The van der Waals surface area contributed by atoms with Crippen molar-refractivity contribution in [3.63, 3.8) is 0 Å². The molecular weight excluding hydrogens is 318 g/mol. The molecule has 2 rings (SSSR count). The van der Waals surface area contributed by atoms with Crippen LogP contribution in [0, 0.1) is 13.8 Å². The van der Waals surface area contributed by atoms with E-state index in [1.54, 1.807) is 21.6 Å². The van der Waals surface area contributed by atoms with Crippen LogP contribution in [-0.4, -0.2) is 45.2 Å². The van der Waals surface area contributed by atoms with Gasteiger partial charge in [0.05, 0.1) is 16.4 Å². The van der Waals surface area contributed by atoms with Gasteiger partial charge in [-0.25, -0.2) is 4.68 Å². The Morgan fingerprint density at radius 2 is 2.17 bits per heavy atom. The fourth-order valence-corrected chi connectivity index (χ4v) is 2.26. The van der Waals surface area contributed by atoms with Crippen LogP contribution in [0.3, 0.4) is 0 Å². The highest BCUT2D eigenvalue weighted by molar-refractivity contribution is 6.31. The molecule has 1 amide bonds. The average molecular weight is 340 g/mol. The van der Waals surface area contributed by atoms with Gasteiger partial charge in [0, 0.05) is 26.0 Å². The van der Waals surface area contributed by atoms with Gasteiger partial charge >= 0.3 is 0 Å². The Morgan fingerprint density at radius 1 is 1.39 bits per heavy atom. The molecule has 0 spiro atoms. The van der Waals surface area contributed by atoms with Crippen LogP contribution in [0.2, 0.25) is 5.02 Å². The van der Waals surface area contributed by atoms with Gasteiger partial charge in [-0.2, -0.15) is 10.2 Å². The molecule has 1 N–H and O–H groups in total. The summed E-state index contributed by atoms with van der Waals surface area (Å²) in [6.07, 6.45) is 2.53. The minimum atomic E-state index is -0.188. The number of aryl methyl sites for hydroxylation is 1. The molecule has 0 fully saturated rings. The molecular formula is C15H22ClN5O2. The van der Waals surface area contributed by atoms with E-state index in [1.807, 2.05) is 20.8 Å². The molecule has 0 saturated heterocycles. The Balaban J connectivity index is 1.89. The molecule has 0 aliphatic rings. The highest BCUT2D eigenvalue weighted by atomic mass is 35.5. The van der Waals surface area contributed by atoms with Crippen molar-refractivity contribution in [2.24, 2.45) is 0 Å². The summed E-state index contributed by atoms with van der Waals surface area (Å²) in [5.41, 5.74) is 2.04. The first-order chi connectivity index (χ1) is 11.0. The molecule has 0 radical (unpaired) electrons. The molecule has 2 aromatic rings. The van der Waals surface area contributed by atoms with Crippen molar-refractivity contribution in [2.75, 3.05) is 19.8 Å². The van der Waals surface area contributed by atoms with E-state index in [2.05, 4.69) is 15.5 Å².